The molecule has 6 nitrogen and oxygen atoms in total. The lowest BCUT2D eigenvalue weighted by molar-refractivity contribution is -0.384. The third-order valence-corrected chi connectivity index (χ3v) is 2.75. The van der Waals surface area contributed by atoms with Gasteiger partial charge in [-0.2, -0.15) is 0 Å². The minimum atomic E-state index is -0.534. The third-order valence-electron chi connectivity index (χ3n) is 2.75. The number of non-ortho nitro benzene ring substituents is 1. The predicted molar refractivity (Wildman–Crippen MR) is 78.2 cm³/mol. The van der Waals surface area contributed by atoms with Gasteiger partial charge in [-0.3, -0.25) is 14.9 Å². The van der Waals surface area contributed by atoms with Crippen molar-refractivity contribution in [3.05, 3.63) is 64.5 Å². The highest BCUT2D eigenvalue weighted by molar-refractivity contribution is 5.91. The van der Waals surface area contributed by atoms with Crippen LogP contribution in [-0.4, -0.2) is 17.4 Å². The van der Waals surface area contributed by atoms with Crippen LogP contribution in [0.15, 0.2) is 48.5 Å². The van der Waals surface area contributed by atoms with Crippen molar-refractivity contribution in [1.82, 2.24) is 0 Å². The van der Waals surface area contributed by atoms with Gasteiger partial charge in [0.1, 0.15) is 11.6 Å². The molecule has 0 aliphatic heterocycles. The minimum absolute atomic E-state index is 0.0695. The molecule has 0 aliphatic carbocycles. The van der Waals surface area contributed by atoms with Crippen molar-refractivity contribution in [3.63, 3.8) is 0 Å². The van der Waals surface area contributed by atoms with E-state index in [9.17, 15) is 19.3 Å². The number of hydrogen-bond acceptors (Lipinski definition) is 4. The maximum Gasteiger partial charge on any atom is 0.271 e. The van der Waals surface area contributed by atoms with Crippen molar-refractivity contribution in [2.24, 2.45) is 0 Å². The van der Waals surface area contributed by atoms with Crippen LogP contribution >= 0.6 is 0 Å². The molecular formula is C15H13FN2O4. The van der Waals surface area contributed by atoms with E-state index in [1.807, 2.05) is 0 Å². The number of ether oxygens (including phenoxy) is 1. The Labute approximate surface area is 125 Å². The zero-order valence-electron chi connectivity index (χ0n) is 11.5. The number of halogens is 1. The number of nitro groups is 1. The Hall–Kier alpha value is -2.96. The Morgan fingerprint density at radius 2 is 1.95 bits per heavy atom. The molecule has 2 aromatic rings. The number of hydrogen-bond donors (Lipinski definition) is 1. The summed E-state index contributed by atoms with van der Waals surface area (Å²) in [5, 5.41) is 13.2. The zero-order chi connectivity index (χ0) is 15.9. The quantitative estimate of drug-likeness (QED) is 0.656. The molecule has 0 fully saturated rings. The fraction of sp³-hybridized carbons (Fsp3) is 0.133. The van der Waals surface area contributed by atoms with Crippen LogP contribution < -0.4 is 10.1 Å². The van der Waals surface area contributed by atoms with Crippen molar-refractivity contribution in [2.45, 2.75) is 6.42 Å². The van der Waals surface area contributed by atoms with Crippen LogP contribution in [0.5, 0.6) is 5.75 Å². The summed E-state index contributed by atoms with van der Waals surface area (Å²) in [4.78, 5) is 21.8. The molecule has 0 radical (unpaired) electrons. The fourth-order valence-corrected chi connectivity index (χ4v) is 1.71. The van der Waals surface area contributed by atoms with Gasteiger partial charge < -0.3 is 10.1 Å². The third kappa shape index (κ3) is 4.55. The normalized spacial score (nSPS) is 10.0. The molecule has 0 aromatic heterocycles. The molecule has 1 amide bonds. The van der Waals surface area contributed by atoms with Gasteiger partial charge in [0.05, 0.1) is 18.0 Å². The highest BCUT2D eigenvalue weighted by Crippen LogP contribution is 2.17. The van der Waals surface area contributed by atoms with Gasteiger partial charge in [-0.25, -0.2) is 4.39 Å². The van der Waals surface area contributed by atoms with Crippen molar-refractivity contribution in [3.8, 4) is 5.75 Å². The second-order valence-electron chi connectivity index (χ2n) is 4.41. The van der Waals surface area contributed by atoms with Crippen LogP contribution in [0.25, 0.3) is 0 Å². The smallest absolute Gasteiger partial charge is 0.271 e. The summed E-state index contributed by atoms with van der Waals surface area (Å²) in [6, 6.07) is 11.1. The number of amides is 1. The first kappa shape index (κ1) is 15.4. The second-order valence-corrected chi connectivity index (χ2v) is 4.41. The Morgan fingerprint density at radius 3 is 2.64 bits per heavy atom. The number of rotatable bonds is 6. The predicted octanol–water partition coefficient (Wildman–Crippen LogP) is 3.14. The Balaban J connectivity index is 1.81. The fourth-order valence-electron chi connectivity index (χ4n) is 1.71. The number of nitrogens with zero attached hydrogens (tertiary/aromatic N) is 1. The van der Waals surface area contributed by atoms with Gasteiger partial charge in [-0.1, -0.05) is 6.07 Å². The van der Waals surface area contributed by atoms with Crippen molar-refractivity contribution >= 4 is 17.3 Å². The van der Waals surface area contributed by atoms with Gasteiger partial charge in [0.15, 0.2) is 0 Å². The molecule has 0 atom stereocenters. The van der Waals surface area contributed by atoms with E-state index in [1.165, 1.54) is 42.5 Å². The SMILES string of the molecule is O=C(CCOc1ccc(F)cc1)Nc1cccc([N+](=O)[O-])c1. The van der Waals surface area contributed by atoms with E-state index >= 15 is 0 Å². The van der Waals surface area contributed by atoms with Crippen LogP contribution in [0.1, 0.15) is 6.42 Å². The van der Waals surface area contributed by atoms with Crippen molar-refractivity contribution in [2.75, 3.05) is 11.9 Å². The summed E-state index contributed by atoms with van der Waals surface area (Å²) in [5.74, 6) is -0.233. The summed E-state index contributed by atoms with van der Waals surface area (Å²) in [7, 11) is 0. The number of anilines is 1. The second kappa shape index (κ2) is 7.16. The Bertz CT molecular complexity index is 673. The summed E-state index contributed by atoms with van der Waals surface area (Å²) in [6.07, 6.45) is 0.0695. The monoisotopic (exact) mass is 304 g/mol. The van der Waals surface area contributed by atoms with Crippen LogP contribution in [0.3, 0.4) is 0 Å². The van der Waals surface area contributed by atoms with Crippen LogP contribution in [0.2, 0.25) is 0 Å². The Morgan fingerprint density at radius 1 is 1.23 bits per heavy atom. The number of carbonyl (C=O) groups excluding carboxylic acids is 1. The minimum Gasteiger partial charge on any atom is -0.493 e. The summed E-state index contributed by atoms with van der Waals surface area (Å²) < 4.78 is 18.0. The molecule has 2 aromatic carbocycles. The molecule has 0 heterocycles. The van der Waals surface area contributed by atoms with E-state index in [1.54, 1.807) is 6.07 Å². The lowest BCUT2D eigenvalue weighted by Crippen LogP contribution is -2.15. The van der Waals surface area contributed by atoms with E-state index in [2.05, 4.69) is 5.32 Å². The lowest BCUT2D eigenvalue weighted by Gasteiger charge is -2.07. The van der Waals surface area contributed by atoms with Gasteiger partial charge in [-0.15, -0.1) is 0 Å². The van der Waals surface area contributed by atoms with Crippen LogP contribution in [0, 0.1) is 15.9 Å². The molecule has 2 rings (SSSR count). The molecule has 0 aliphatic rings. The maximum atomic E-state index is 12.7. The molecule has 0 saturated heterocycles. The van der Waals surface area contributed by atoms with Gasteiger partial charge in [0.2, 0.25) is 5.91 Å². The number of nitrogens with one attached hydrogen (secondary N) is 1. The van der Waals surface area contributed by atoms with E-state index in [-0.39, 0.29) is 30.4 Å². The highest BCUT2D eigenvalue weighted by Gasteiger charge is 2.08. The molecule has 7 heteroatoms. The van der Waals surface area contributed by atoms with Gasteiger partial charge >= 0.3 is 0 Å². The average Bonchev–Trinajstić information content (AvgIpc) is 2.49. The first-order valence-corrected chi connectivity index (χ1v) is 6.47. The zero-order valence-corrected chi connectivity index (χ0v) is 11.5. The van der Waals surface area contributed by atoms with Crippen molar-refractivity contribution < 1.29 is 18.8 Å². The Kier molecular flexibility index (Phi) is 5.02. The molecule has 0 spiro atoms. The number of benzene rings is 2. The van der Waals surface area contributed by atoms with E-state index in [4.69, 9.17) is 4.74 Å². The number of carbonyl (C=O) groups is 1. The van der Waals surface area contributed by atoms with Gasteiger partial charge in [-0.05, 0) is 30.3 Å². The maximum absolute atomic E-state index is 12.7. The first-order chi connectivity index (χ1) is 10.5. The van der Waals surface area contributed by atoms with Crippen LogP contribution in [0.4, 0.5) is 15.8 Å². The standard InChI is InChI=1S/C15H13FN2O4/c16-11-4-6-14(7-5-11)22-9-8-15(19)17-12-2-1-3-13(10-12)18(20)21/h1-7,10H,8-9H2,(H,17,19). The molecule has 0 unspecified atom stereocenters. The average molecular weight is 304 g/mol. The highest BCUT2D eigenvalue weighted by atomic mass is 19.1. The number of nitro benzene ring substituents is 1. The molecule has 1 N–H and O–H groups in total. The van der Waals surface area contributed by atoms with Crippen molar-refractivity contribution in [1.29, 1.82) is 0 Å². The summed E-state index contributed by atoms with van der Waals surface area (Å²) >= 11 is 0. The van der Waals surface area contributed by atoms with E-state index in [0.29, 0.717) is 11.4 Å². The topological polar surface area (TPSA) is 81.5 Å². The van der Waals surface area contributed by atoms with Crippen LogP contribution in [-0.2, 0) is 4.79 Å². The van der Waals surface area contributed by atoms with Gasteiger partial charge in [0, 0.05) is 17.8 Å². The molecular weight excluding hydrogens is 291 g/mol. The molecule has 22 heavy (non-hydrogen) atoms. The van der Waals surface area contributed by atoms with E-state index in [0.717, 1.165) is 0 Å². The molecule has 0 saturated carbocycles. The summed E-state index contributed by atoms with van der Waals surface area (Å²) in [5.41, 5.74) is 0.251. The van der Waals surface area contributed by atoms with E-state index < -0.39 is 4.92 Å². The summed E-state index contributed by atoms with van der Waals surface area (Å²) in [6.45, 7) is 0.117. The lowest BCUT2D eigenvalue weighted by atomic mass is 10.2. The molecule has 0 bridgehead atoms. The molecule has 114 valence electrons. The first-order valence-electron chi connectivity index (χ1n) is 6.47. The largest absolute Gasteiger partial charge is 0.493 e. The van der Waals surface area contributed by atoms with Gasteiger partial charge in [0.25, 0.3) is 5.69 Å².